The monoisotopic (exact) mass is 385 g/mol. The summed E-state index contributed by atoms with van der Waals surface area (Å²) in [6, 6.07) is 6.59. The van der Waals surface area contributed by atoms with Gasteiger partial charge in [-0.3, -0.25) is 4.98 Å². The molecule has 28 heavy (non-hydrogen) atoms. The highest BCUT2D eigenvalue weighted by atomic mass is 16.5. The Morgan fingerprint density at radius 2 is 2.04 bits per heavy atom. The van der Waals surface area contributed by atoms with Gasteiger partial charge < -0.3 is 24.1 Å². The van der Waals surface area contributed by atoms with E-state index in [0.717, 1.165) is 55.4 Å². The lowest BCUT2D eigenvalue weighted by Crippen LogP contribution is -2.46. The molecule has 0 spiro atoms. The van der Waals surface area contributed by atoms with E-state index in [1.54, 1.807) is 14.2 Å². The number of methoxy groups -OCH3 is 2. The molecule has 1 aliphatic heterocycles. The number of aromatic nitrogens is 1. The summed E-state index contributed by atoms with van der Waals surface area (Å²) in [6.45, 7) is 3.08. The van der Waals surface area contributed by atoms with Crippen LogP contribution in [0.4, 0.5) is 5.69 Å². The Morgan fingerprint density at radius 3 is 2.79 bits per heavy atom. The van der Waals surface area contributed by atoms with Crippen molar-refractivity contribution in [3.63, 3.8) is 0 Å². The number of benzene rings is 1. The molecule has 1 fully saturated rings. The van der Waals surface area contributed by atoms with E-state index in [0.29, 0.717) is 18.2 Å². The molecule has 0 aliphatic carbocycles. The molecule has 1 unspecified atom stereocenters. The van der Waals surface area contributed by atoms with E-state index in [1.807, 2.05) is 18.3 Å². The smallest absolute Gasteiger partial charge is 0.162 e. The van der Waals surface area contributed by atoms with E-state index in [4.69, 9.17) is 9.47 Å². The van der Waals surface area contributed by atoms with Gasteiger partial charge >= 0.3 is 0 Å². The average molecular weight is 386 g/mol. The van der Waals surface area contributed by atoms with Crippen LogP contribution in [0.3, 0.4) is 0 Å². The summed E-state index contributed by atoms with van der Waals surface area (Å²) in [4.78, 5) is 19.9. The fourth-order valence-electron chi connectivity index (χ4n) is 4.04. The van der Waals surface area contributed by atoms with Gasteiger partial charge in [-0.05, 0) is 51.4 Å². The normalized spacial score (nSPS) is 17.1. The number of unbranched alkanes of at least 4 members (excludes halogenated alkanes) is 2. The lowest BCUT2D eigenvalue weighted by Gasteiger charge is -2.39. The zero-order valence-electron chi connectivity index (χ0n) is 17.2. The average Bonchev–Trinajstić information content (AvgIpc) is 2.75. The minimum Gasteiger partial charge on any atom is -0.493 e. The number of fused-ring (bicyclic) bond motifs is 1. The maximum Gasteiger partial charge on any atom is 0.162 e. The third-order valence-electron chi connectivity index (χ3n) is 5.67. The Hall–Kier alpha value is -2.34. The molecule has 0 radical (unpaired) electrons. The zero-order valence-corrected chi connectivity index (χ0v) is 17.2. The van der Waals surface area contributed by atoms with Crippen LogP contribution in [0.2, 0.25) is 0 Å². The quantitative estimate of drug-likeness (QED) is 0.486. The van der Waals surface area contributed by atoms with Gasteiger partial charge in [-0.2, -0.15) is 0 Å². The van der Waals surface area contributed by atoms with E-state index in [2.05, 4.69) is 27.9 Å². The molecule has 6 heteroatoms. The number of aldehydes is 1. The van der Waals surface area contributed by atoms with Crippen molar-refractivity contribution in [3.05, 3.63) is 24.4 Å². The Labute approximate surface area is 167 Å². The van der Waals surface area contributed by atoms with Gasteiger partial charge in [-0.25, -0.2) is 0 Å². The summed E-state index contributed by atoms with van der Waals surface area (Å²) in [5.41, 5.74) is 2.12. The van der Waals surface area contributed by atoms with Crippen molar-refractivity contribution in [1.82, 2.24) is 9.88 Å². The summed E-state index contributed by atoms with van der Waals surface area (Å²) < 4.78 is 10.9. The third kappa shape index (κ3) is 4.55. The van der Waals surface area contributed by atoms with E-state index in [-0.39, 0.29) is 0 Å². The largest absolute Gasteiger partial charge is 0.493 e. The molecule has 0 amide bonds. The molecule has 1 atom stereocenters. The molecule has 6 nitrogen and oxygen atoms in total. The van der Waals surface area contributed by atoms with Crippen LogP contribution in [-0.4, -0.2) is 63.1 Å². The van der Waals surface area contributed by atoms with Crippen LogP contribution in [-0.2, 0) is 4.79 Å². The molecule has 0 saturated carbocycles. The predicted molar refractivity (Wildman–Crippen MR) is 113 cm³/mol. The number of hydrogen-bond donors (Lipinski definition) is 0. The van der Waals surface area contributed by atoms with E-state index in [1.165, 1.54) is 18.5 Å². The lowest BCUT2D eigenvalue weighted by atomic mass is 10.0. The molecule has 1 aliphatic rings. The SMILES string of the molecule is COc1cc2nccc(N3CCCC(N(C)CCCCC=O)C3)c2cc1OC. The van der Waals surface area contributed by atoms with Gasteiger partial charge in [0, 0.05) is 48.9 Å². The van der Waals surface area contributed by atoms with Gasteiger partial charge in [0.2, 0.25) is 0 Å². The van der Waals surface area contributed by atoms with E-state index >= 15 is 0 Å². The summed E-state index contributed by atoms with van der Waals surface area (Å²) >= 11 is 0. The number of piperidine rings is 1. The van der Waals surface area contributed by atoms with Crippen LogP contribution < -0.4 is 14.4 Å². The molecule has 1 aromatic heterocycles. The number of anilines is 1. The fourth-order valence-corrected chi connectivity index (χ4v) is 4.04. The number of hydrogen-bond acceptors (Lipinski definition) is 6. The first-order valence-corrected chi connectivity index (χ1v) is 10.1. The first-order chi connectivity index (χ1) is 13.7. The molecule has 0 bridgehead atoms. The maximum absolute atomic E-state index is 10.5. The number of carbonyl (C=O) groups excluding carboxylic acids is 1. The van der Waals surface area contributed by atoms with Crippen molar-refractivity contribution in [2.24, 2.45) is 0 Å². The van der Waals surface area contributed by atoms with Crippen molar-refractivity contribution in [3.8, 4) is 11.5 Å². The molecule has 2 heterocycles. The van der Waals surface area contributed by atoms with Crippen molar-refractivity contribution in [2.45, 2.75) is 38.1 Å². The predicted octanol–water partition coefficient (Wildman–Crippen LogP) is 3.52. The standard InChI is InChI=1S/C22H31N3O3/c1-24(11-5-4-6-13-26)17-8-7-12-25(16-17)20-9-10-23-19-15-22(28-3)21(27-2)14-18(19)20/h9-10,13-15,17H,4-8,11-12,16H2,1-3H3. The molecule has 3 rings (SSSR count). The second-order valence-electron chi connectivity index (χ2n) is 7.44. The van der Waals surface area contributed by atoms with Gasteiger partial charge in [0.25, 0.3) is 0 Å². The second-order valence-corrected chi connectivity index (χ2v) is 7.44. The fraction of sp³-hybridized carbons (Fsp3) is 0.545. The zero-order chi connectivity index (χ0) is 19.9. The summed E-state index contributed by atoms with van der Waals surface area (Å²) in [7, 11) is 5.51. The van der Waals surface area contributed by atoms with Gasteiger partial charge in [-0.15, -0.1) is 0 Å². The lowest BCUT2D eigenvalue weighted by molar-refractivity contribution is -0.107. The minimum absolute atomic E-state index is 0.522. The van der Waals surface area contributed by atoms with Gasteiger partial charge in [0.05, 0.1) is 19.7 Å². The van der Waals surface area contributed by atoms with Crippen molar-refractivity contribution < 1.29 is 14.3 Å². The molecule has 152 valence electrons. The molecule has 0 N–H and O–H groups in total. The summed E-state index contributed by atoms with van der Waals surface area (Å²) in [6.07, 6.45) is 7.97. The van der Waals surface area contributed by atoms with Gasteiger partial charge in [-0.1, -0.05) is 0 Å². The number of likely N-dealkylation sites (N-methyl/N-ethyl adjacent to an activating group) is 1. The van der Waals surface area contributed by atoms with Gasteiger partial charge in [0.15, 0.2) is 11.5 Å². The van der Waals surface area contributed by atoms with Crippen molar-refractivity contribution in [2.75, 3.05) is 45.8 Å². The van der Waals surface area contributed by atoms with Crippen LogP contribution in [0, 0.1) is 0 Å². The van der Waals surface area contributed by atoms with E-state index in [9.17, 15) is 4.79 Å². The van der Waals surface area contributed by atoms with Crippen LogP contribution in [0.1, 0.15) is 32.1 Å². The maximum atomic E-state index is 10.5. The van der Waals surface area contributed by atoms with Gasteiger partial charge in [0.1, 0.15) is 6.29 Å². The Morgan fingerprint density at radius 1 is 1.25 bits per heavy atom. The topological polar surface area (TPSA) is 54.9 Å². The molecule has 2 aromatic rings. The van der Waals surface area contributed by atoms with Crippen LogP contribution in [0.25, 0.3) is 10.9 Å². The highest BCUT2D eigenvalue weighted by Gasteiger charge is 2.24. The highest BCUT2D eigenvalue weighted by molar-refractivity contribution is 5.94. The first kappa shape index (κ1) is 20.4. The molecular formula is C22H31N3O3. The van der Waals surface area contributed by atoms with Crippen LogP contribution in [0.5, 0.6) is 11.5 Å². The van der Waals surface area contributed by atoms with Crippen molar-refractivity contribution >= 4 is 22.9 Å². The van der Waals surface area contributed by atoms with Crippen LogP contribution in [0.15, 0.2) is 24.4 Å². The third-order valence-corrected chi connectivity index (χ3v) is 5.67. The first-order valence-electron chi connectivity index (χ1n) is 10.1. The number of nitrogens with zero attached hydrogens (tertiary/aromatic N) is 3. The summed E-state index contributed by atoms with van der Waals surface area (Å²) in [5, 5.41) is 1.09. The highest BCUT2D eigenvalue weighted by Crippen LogP contribution is 2.36. The number of pyridine rings is 1. The number of rotatable bonds is 9. The second kappa shape index (κ2) is 9.73. The Balaban J connectivity index is 1.78. The Kier molecular flexibility index (Phi) is 7.09. The minimum atomic E-state index is 0.522. The van der Waals surface area contributed by atoms with E-state index < -0.39 is 0 Å². The van der Waals surface area contributed by atoms with Crippen molar-refractivity contribution in [1.29, 1.82) is 0 Å². The molecule has 1 saturated heterocycles. The summed E-state index contributed by atoms with van der Waals surface area (Å²) in [5.74, 6) is 1.43. The molecular weight excluding hydrogens is 354 g/mol. The molecule has 1 aromatic carbocycles. The van der Waals surface area contributed by atoms with Crippen LogP contribution >= 0.6 is 0 Å². The Bertz CT molecular complexity index is 796. The number of ether oxygens (including phenoxy) is 2. The number of carbonyl (C=O) groups is 1.